The first-order chi connectivity index (χ1) is 11.1. The average Bonchev–Trinajstić information content (AvgIpc) is 3.03. The van der Waals surface area contributed by atoms with Crippen LogP contribution in [0.25, 0.3) is 0 Å². The van der Waals surface area contributed by atoms with Gasteiger partial charge in [0, 0.05) is 30.7 Å². The van der Waals surface area contributed by atoms with Gasteiger partial charge in [0.25, 0.3) is 0 Å². The molecule has 2 amide bonds. The van der Waals surface area contributed by atoms with Gasteiger partial charge in [0.15, 0.2) is 0 Å². The summed E-state index contributed by atoms with van der Waals surface area (Å²) in [6.07, 6.45) is 8.05. The predicted octanol–water partition coefficient (Wildman–Crippen LogP) is 3.61. The first kappa shape index (κ1) is 15.0. The van der Waals surface area contributed by atoms with E-state index in [1.54, 1.807) is 0 Å². The van der Waals surface area contributed by atoms with Gasteiger partial charge >= 0.3 is 6.03 Å². The zero-order chi connectivity index (χ0) is 16.0. The molecule has 3 saturated heterocycles. The highest BCUT2D eigenvalue weighted by atomic mass is 16.5. The van der Waals surface area contributed by atoms with Crippen molar-refractivity contribution in [1.29, 1.82) is 0 Å². The molecule has 0 saturated carbocycles. The van der Waals surface area contributed by atoms with Gasteiger partial charge in [-0.2, -0.15) is 0 Å². The molecule has 1 aromatic rings. The number of likely N-dealkylation sites (tertiary alicyclic amines) is 1. The molecule has 3 aliphatic rings. The van der Waals surface area contributed by atoms with Crippen LogP contribution >= 0.6 is 0 Å². The van der Waals surface area contributed by atoms with Crippen molar-refractivity contribution in [3.05, 3.63) is 17.0 Å². The molecule has 0 N–H and O–H groups in total. The van der Waals surface area contributed by atoms with Crippen LogP contribution in [0.4, 0.5) is 4.79 Å². The summed E-state index contributed by atoms with van der Waals surface area (Å²) in [7, 11) is 0. The number of aromatic nitrogens is 1. The van der Waals surface area contributed by atoms with Gasteiger partial charge in [-0.1, -0.05) is 5.16 Å². The third-order valence-electron chi connectivity index (χ3n) is 6.08. The van der Waals surface area contributed by atoms with E-state index in [4.69, 9.17) is 4.52 Å². The number of hydrogen-bond donors (Lipinski definition) is 0. The van der Waals surface area contributed by atoms with Crippen molar-refractivity contribution < 1.29 is 9.32 Å². The Balaban J connectivity index is 1.51. The molecule has 0 aliphatic carbocycles. The average molecular weight is 317 g/mol. The van der Waals surface area contributed by atoms with E-state index in [1.165, 1.54) is 12.0 Å². The highest BCUT2D eigenvalue weighted by molar-refractivity contribution is 5.76. The van der Waals surface area contributed by atoms with Gasteiger partial charge in [-0.15, -0.1) is 0 Å². The first-order valence-corrected chi connectivity index (χ1v) is 9.15. The summed E-state index contributed by atoms with van der Waals surface area (Å²) < 4.78 is 5.37. The first-order valence-electron chi connectivity index (χ1n) is 9.15. The van der Waals surface area contributed by atoms with Crippen LogP contribution in [0.3, 0.4) is 0 Å². The van der Waals surface area contributed by atoms with Crippen LogP contribution in [0.2, 0.25) is 0 Å². The van der Waals surface area contributed by atoms with Crippen LogP contribution in [0, 0.1) is 13.8 Å². The quantitative estimate of drug-likeness (QED) is 0.795. The van der Waals surface area contributed by atoms with Gasteiger partial charge in [-0.25, -0.2) is 4.79 Å². The van der Waals surface area contributed by atoms with Crippen LogP contribution in [-0.2, 0) is 0 Å². The molecule has 5 nitrogen and oxygen atoms in total. The van der Waals surface area contributed by atoms with E-state index in [2.05, 4.69) is 15.0 Å². The minimum absolute atomic E-state index is 0.300. The maximum absolute atomic E-state index is 13.0. The zero-order valence-electron chi connectivity index (χ0n) is 14.3. The Morgan fingerprint density at radius 3 is 2.30 bits per heavy atom. The number of fused-ring (bicyclic) bond motifs is 2. The van der Waals surface area contributed by atoms with Crippen LogP contribution in [0.1, 0.15) is 67.9 Å². The van der Waals surface area contributed by atoms with Gasteiger partial charge < -0.3 is 14.3 Å². The van der Waals surface area contributed by atoms with E-state index >= 15 is 0 Å². The third kappa shape index (κ3) is 2.54. The maximum atomic E-state index is 13.0. The van der Waals surface area contributed by atoms with Gasteiger partial charge in [-0.05, 0) is 64.7 Å². The molecular weight excluding hydrogens is 290 g/mol. The molecular formula is C18H27N3O2. The number of urea groups is 1. The molecule has 3 fully saturated rings. The molecule has 3 aliphatic heterocycles. The molecule has 2 bridgehead atoms. The summed E-state index contributed by atoms with van der Waals surface area (Å²) >= 11 is 0. The second-order valence-electron chi connectivity index (χ2n) is 7.53. The fourth-order valence-electron chi connectivity index (χ4n) is 5.05. The molecule has 3 atom stereocenters. The van der Waals surface area contributed by atoms with Crippen LogP contribution in [0.5, 0.6) is 0 Å². The molecule has 0 radical (unpaired) electrons. The van der Waals surface area contributed by atoms with E-state index in [1.807, 2.05) is 13.8 Å². The van der Waals surface area contributed by atoms with Crippen LogP contribution in [0.15, 0.2) is 4.52 Å². The molecule has 0 aromatic carbocycles. The SMILES string of the molecule is Cc1noc(C)c1C1C[C@H]2CC[C@@H](C1)N2C(=O)N1CCCCC1. The highest BCUT2D eigenvalue weighted by Crippen LogP contribution is 2.45. The van der Waals surface area contributed by atoms with Crippen LogP contribution in [-0.4, -0.2) is 46.2 Å². The second-order valence-corrected chi connectivity index (χ2v) is 7.53. The van der Waals surface area contributed by atoms with Crippen LogP contribution < -0.4 is 0 Å². The van der Waals surface area contributed by atoms with Crippen molar-refractivity contribution in [1.82, 2.24) is 15.0 Å². The van der Waals surface area contributed by atoms with Crippen molar-refractivity contribution in [2.24, 2.45) is 0 Å². The molecule has 1 aromatic heterocycles. The molecule has 23 heavy (non-hydrogen) atoms. The Hall–Kier alpha value is -1.52. The van der Waals surface area contributed by atoms with Gasteiger partial charge in [0.05, 0.1) is 5.69 Å². The Kier molecular flexibility index (Phi) is 3.82. The number of hydrogen-bond acceptors (Lipinski definition) is 3. The third-order valence-corrected chi connectivity index (χ3v) is 6.08. The number of nitrogens with zero attached hydrogens (tertiary/aromatic N) is 3. The van der Waals surface area contributed by atoms with E-state index in [0.717, 1.165) is 63.1 Å². The molecule has 1 unspecified atom stereocenters. The molecule has 4 rings (SSSR count). The second kappa shape index (κ2) is 5.84. The summed E-state index contributed by atoms with van der Waals surface area (Å²) in [5.41, 5.74) is 2.33. The normalized spacial score (nSPS) is 30.8. The smallest absolute Gasteiger partial charge is 0.320 e. The standard InChI is InChI=1S/C18H27N3O2/c1-12-17(13(2)23-19-12)14-10-15-6-7-16(11-14)21(15)18(22)20-8-4-3-5-9-20/h14-16H,3-11H2,1-2H3/t14?,15-,16+. The molecule has 4 heterocycles. The Morgan fingerprint density at radius 1 is 1.09 bits per heavy atom. The molecule has 0 spiro atoms. The number of rotatable bonds is 1. The minimum Gasteiger partial charge on any atom is -0.361 e. The van der Waals surface area contributed by atoms with Gasteiger partial charge in [0.2, 0.25) is 0 Å². The summed E-state index contributed by atoms with van der Waals surface area (Å²) in [6, 6.07) is 1.11. The van der Waals surface area contributed by atoms with Crippen molar-refractivity contribution in [2.75, 3.05) is 13.1 Å². The van der Waals surface area contributed by atoms with Crippen molar-refractivity contribution in [2.45, 2.75) is 76.8 Å². The monoisotopic (exact) mass is 317 g/mol. The number of piperidine rings is 2. The number of amides is 2. The number of aryl methyl sites for hydroxylation is 2. The topological polar surface area (TPSA) is 49.6 Å². The minimum atomic E-state index is 0.300. The maximum Gasteiger partial charge on any atom is 0.320 e. The van der Waals surface area contributed by atoms with E-state index in [9.17, 15) is 4.79 Å². The highest BCUT2D eigenvalue weighted by Gasteiger charge is 2.45. The fraction of sp³-hybridized carbons (Fsp3) is 0.778. The summed E-state index contributed by atoms with van der Waals surface area (Å²) in [6.45, 7) is 5.95. The zero-order valence-corrected chi connectivity index (χ0v) is 14.3. The summed E-state index contributed by atoms with van der Waals surface area (Å²) in [5, 5.41) is 4.13. The summed E-state index contributed by atoms with van der Waals surface area (Å²) in [4.78, 5) is 17.3. The van der Waals surface area contributed by atoms with Crippen molar-refractivity contribution in [3.63, 3.8) is 0 Å². The van der Waals surface area contributed by atoms with Crippen molar-refractivity contribution >= 4 is 6.03 Å². The lowest BCUT2D eigenvalue weighted by Crippen LogP contribution is -2.53. The van der Waals surface area contributed by atoms with Crippen molar-refractivity contribution in [3.8, 4) is 0 Å². The predicted molar refractivity (Wildman–Crippen MR) is 87.4 cm³/mol. The molecule has 126 valence electrons. The largest absolute Gasteiger partial charge is 0.361 e. The Labute approximate surface area is 138 Å². The van der Waals surface area contributed by atoms with E-state index in [0.29, 0.717) is 24.0 Å². The van der Waals surface area contributed by atoms with E-state index in [-0.39, 0.29) is 0 Å². The number of carbonyl (C=O) groups is 1. The van der Waals surface area contributed by atoms with E-state index < -0.39 is 0 Å². The Morgan fingerprint density at radius 2 is 1.74 bits per heavy atom. The number of carbonyl (C=O) groups excluding carboxylic acids is 1. The Bertz CT molecular complexity index is 558. The lowest BCUT2D eigenvalue weighted by atomic mass is 9.84. The molecule has 5 heteroatoms. The van der Waals surface area contributed by atoms with Gasteiger partial charge in [-0.3, -0.25) is 0 Å². The fourth-order valence-corrected chi connectivity index (χ4v) is 5.05. The van der Waals surface area contributed by atoms with Gasteiger partial charge in [0.1, 0.15) is 5.76 Å². The lowest BCUT2D eigenvalue weighted by Gasteiger charge is -2.42. The summed E-state index contributed by atoms with van der Waals surface area (Å²) in [5.74, 6) is 1.46. The lowest BCUT2D eigenvalue weighted by molar-refractivity contribution is 0.0989.